The first-order valence-electron chi connectivity index (χ1n) is 4.32. The lowest BCUT2D eigenvalue weighted by molar-refractivity contribution is -0.136. The summed E-state index contributed by atoms with van der Waals surface area (Å²) in [4.78, 5) is 11.2. The second kappa shape index (κ2) is 7.55. The summed E-state index contributed by atoms with van der Waals surface area (Å²) in [6.45, 7) is 3.50. The van der Waals surface area contributed by atoms with Crippen molar-refractivity contribution in [2.75, 3.05) is 14.2 Å². The zero-order valence-corrected chi connectivity index (χ0v) is 8.90. The van der Waals surface area contributed by atoms with Crippen molar-refractivity contribution in [2.24, 2.45) is 0 Å². The molecule has 0 fully saturated rings. The molecular weight excluding hydrogens is 196 g/mol. The molecule has 0 rings (SSSR count). The van der Waals surface area contributed by atoms with Crippen molar-refractivity contribution in [2.45, 2.75) is 6.42 Å². The Morgan fingerprint density at radius 2 is 2.13 bits per heavy atom. The molecule has 0 aliphatic carbocycles. The first-order chi connectivity index (χ1) is 7.17. The third-order valence-electron chi connectivity index (χ3n) is 1.59. The van der Waals surface area contributed by atoms with Crippen LogP contribution in [0.2, 0.25) is 0 Å². The number of ether oxygens (including phenoxy) is 2. The zero-order valence-electron chi connectivity index (χ0n) is 8.90. The molecule has 0 aromatic heterocycles. The van der Waals surface area contributed by atoms with Gasteiger partial charge in [0.1, 0.15) is 5.57 Å². The Balaban J connectivity index is 4.53. The van der Waals surface area contributed by atoms with Crippen LogP contribution in [0, 0.1) is 6.42 Å². The predicted octanol–water partition coefficient (Wildman–Crippen LogP) is 1.91. The molecule has 0 aromatic carbocycles. The number of esters is 1. The first kappa shape index (κ1) is 13.2. The standard InChI is InChI=1S/C11H14O4/c1-4-5-6-7-8-9(10(12)14-2)11(13)15-3/h4-7H,1,8H2,2-3H3/p+1. The second-order valence-corrected chi connectivity index (χ2v) is 2.54. The van der Waals surface area contributed by atoms with Crippen LogP contribution < -0.4 is 0 Å². The van der Waals surface area contributed by atoms with Gasteiger partial charge in [0.05, 0.1) is 14.2 Å². The van der Waals surface area contributed by atoms with Crippen molar-refractivity contribution < 1.29 is 19.4 Å². The lowest BCUT2D eigenvalue weighted by atomic mass is 10.2. The van der Waals surface area contributed by atoms with Gasteiger partial charge in [-0.2, -0.15) is 0 Å². The Hall–Kier alpha value is -1.84. The molecule has 4 heteroatoms. The molecule has 0 unspecified atom stereocenters. The molecule has 0 aromatic rings. The fourth-order valence-corrected chi connectivity index (χ4v) is 0.847. The average Bonchev–Trinajstić information content (AvgIpc) is 2.27. The van der Waals surface area contributed by atoms with Gasteiger partial charge in [-0.15, -0.1) is 0 Å². The molecule has 15 heavy (non-hydrogen) atoms. The average molecular weight is 211 g/mol. The van der Waals surface area contributed by atoms with Gasteiger partial charge in [-0.25, -0.2) is 4.79 Å². The molecule has 4 nitrogen and oxygen atoms in total. The third-order valence-corrected chi connectivity index (χ3v) is 1.59. The van der Waals surface area contributed by atoms with Crippen LogP contribution in [0.25, 0.3) is 0 Å². The SMILES string of the molecule is C=C[CH+]C=CC/C(C(=O)OC)=C(/O)OC. The van der Waals surface area contributed by atoms with E-state index in [0.29, 0.717) is 0 Å². The molecule has 0 saturated carbocycles. The van der Waals surface area contributed by atoms with Crippen molar-refractivity contribution in [1.82, 2.24) is 0 Å². The molecule has 0 atom stereocenters. The van der Waals surface area contributed by atoms with E-state index in [9.17, 15) is 9.90 Å². The van der Waals surface area contributed by atoms with Gasteiger partial charge in [0.15, 0.2) is 0 Å². The summed E-state index contributed by atoms with van der Waals surface area (Å²) in [6, 6.07) is 0. The number of carbonyl (C=O) groups is 1. The highest BCUT2D eigenvalue weighted by Gasteiger charge is 2.16. The van der Waals surface area contributed by atoms with E-state index in [2.05, 4.69) is 16.1 Å². The van der Waals surface area contributed by atoms with Crippen LogP contribution in [0.15, 0.2) is 36.3 Å². The minimum absolute atomic E-state index is 0.0775. The maximum absolute atomic E-state index is 11.2. The Kier molecular flexibility index (Phi) is 6.63. The van der Waals surface area contributed by atoms with E-state index in [1.54, 1.807) is 24.6 Å². The number of rotatable bonds is 6. The maximum Gasteiger partial charge on any atom is 0.342 e. The minimum atomic E-state index is -0.613. The van der Waals surface area contributed by atoms with Crippen molar-refractivity contribution in [1.29, 1.82) is 0 Å². The van der Waals surface area contributed by atoms with E-state index in [0.717, 1.165) is 0 Å². The highest BCUT2D eigenvalue weighted by Crippen LogP contribution is 2.10. The quantitative estimate of drug-likeness (QED) is 0.315. The van der Waals surface area contributed by atoms with Crippen LogP contribution in [0.5, 0.6) is 0 Å². The smallest absolute Gasteiger partial charge is 0.342 e. The number of aliphatic hydroxyl groups is 1. The van der Waals surface area contributed by atoms with Gasteiger partial charge in [-0.05, 0) is 6.58 Å². The van der Waals surface area contributed by atoms with Crippen molar-refractivity contribution in [3.8, 4) is 0 Å². The minimum Gasteiger partial charge on any atom is -0.481 e. The predicted molar refractivity (Wildman–Crippen MR) is 56.9 cm³/mol. The Morgan fingerprint density at radius 3 is 2.60 bits per heavy atom. The summed E-state index contributed by atoms with van der Waals surface area (Å²) in [5.41, 5.74) is 0.0775. The summed E-state index contributed by atoms with van der Waals surface area (Å²) in [6.07, 6.45) is 6.94. The Morgan fingerprint density at radius 1 is 1.47 bits per heavy atom. The van der Waals surface area contributed by atoms with Gasteiger partial charge >= 0.3 is 5.97 Å². The summed E-state index contributed by atoms with van der Waals surface area (Å²) >= 11 is 0. The molecule has 0 saturated heterocycles. The molecule has 1 N–H and O–H groups in total. The maximum atomic E-state index is 11.2. The third kappa shape index (κ3) is 4.81. The number of hydrogen-bond acceptors (Lipinski definition) is 4. The van der Waals surface area contributed by atoms with Crippen molar-refractivity contribution >= 4 is 5.97 Å². The second-order valence-electron chi connectivity index (χ2n) is 2.54. The summed E-state index contributed by atoms with van der Waals surface area (Å²) in [7, 11) is 2.52. The number of allylic oxidation sites excluding steroid dienone is 3. The molecule has 82 valence electrons. The molecule has 0 bridgehead atoms. The van der Waals surface area contributed by atoms with Crippen LogP contribution in [0.1, 0.15) is 6.42 Å². The van der Waals surface area contributed by atoms with E-state index in [4.69, 9.17) is 0 Å². The largest absolute Gasteiger partial charge is 0.481 e. The molecule has 0 aliphatic rings. The van der Waals surface area contributed by atoms with Crippen LogP contribution in [0.4, 0.5) is 0 Å². The van der Waals surface area contributed by atoms with Crippen LogP contribution in [0.3, 0.4) is 0 Å². The summed E-state index contributed by atoms with van der Waals surface area (Å²) in [5.74, 6) is -1.04. The van der Waals surface area contributed by atoms with E-state index >= 15 is 0 Å². The summed E-state index contributed by atoms with van der Waals surface area (Å²) in [5, 5.41) is 9.27. The van der Waals surface area contributed by atoms with E-state index in [1.165, 1.54) is 14.2 Å². The van der Waals surface area contributed by atoms with Gasteiger partial charge < -0.3 is 14.6 Å². The van der Waals surface area contributed by atoms with Gasteiger partial charge in [0.25, 0.3) is 5.95 Å². The molecule has 0 aliphatic heterocycles. The molecule has 0 heterocycles. The normalized spacial score (nSPS) is 11.9. The van der Waals surface area contributed by atoms with E-state index in [1.807, 2.05) is 0 Å². The van der Waals surface area contributed by atoms with E-state index < -0.39 is 11.9 Å². The lowest BCUT2D eigenvalue weighted by Crippen LogP contribution is -2.08. The van der Waals surface area contributed by atoms with Crippen molar-refractivity contribution in [3.63, 3.8) is 0 Å². The monoisotopic (exact) mass is 211 g/mol. The number of carbonyl (C=O) groups excluding carboxylic acids is 1. The van der Waals surface area contributed by atoms with Gasteiger partial charge in [0.2, 0.25) is 0 Å². The van der Waals surface area contributed by atoms with Crippen LogP contribution >= 0.6 is 0 Å². The molecule has 0 spiro atoms. The van der Waals surface area contributed by atoms with Gasteiger partial charge in [0, 0.05) is 31.1 Å². The number of aliphatic hydroxyl groups excluding tert-OH is 1. The molecular formula is C11H15O4+. The number of methoxy groups -OCH3 is 2. The summed E-state index contributed by atoms with van der Waals surface area (Å²) < 4.78 is 9.05. The highest BCUT2D eigenvalue weighted by atomic mass is 16.6. The fraction of sp³-hybridized carbons (Fsp3) is 0.273. The van der Waals surface area contributed by atoms with E-state index in [-0.39, 0.29) is 12.0 Å². The fourth-order valence-electron chi connectivity index (χ4n) is 0.847. The topological polar surface area (TPSA) is 55.8 Å². The first-order valence-corrected chi connectivity index (χ1v) is 4.32. The molecule has 0 amide bonds. The lowest BCUT2D eigenvalue weighted by Gasteiger charge is -2.03. The highest BCUT2D eigenvalue weighted by molar-refractivity contribution is 5.88. The number of hydrogen-bond donors (Lipinski definition) is 1. The van der Waals surface area contributed by atoms with Crippen LogP contribution in [-0.2, 0) is 14.3 Å². The van der Waals surface area contributed by atoms with Crippen molar-refractivity contribution in [3.05, 3.63) is 42.7 Å². The van der Waals surface area contributed by atoms with Gasteiger partial charge in [-0.1, -0.05) is 0 Å². The van der Waals surface area contributed by atoms with Gasteiger partial charge in [-0.3, -0.25) is 0 Å². The Labute approximate surface area is 89.5 Å². The Bertz CT molecular complexity index is 276. The molecule has 0 radical (unpaired) electrons. The van der Waals surface area contributed by atoms with Crippen LogP contribution in [-0.4, -0.2) is 25.3 Å². The zero-order chi connectivity index (χ0) is 11.7.